The van der Waals surface area contributed by atoms with Crippen LogP contribution in [0, 0.1) is 11.7 Å². The number of likely N-dealkylation sites (tertiary alicyclic amines) is 1. The van der Waals surface area contributed by atoms with Gasteiger partial charge in [0.25, 0.3) is 0 Å². The van der Waals surface area contributed by atoms with Crippen molar-refractivity contribution in [1.29, 1.82) is 0 Å². The maximum atomic E-state index is 13.2. The zero-order chi connectivity index (χ0) is 12.2. The Hall–Kier alpha value is -1.78. The summed E-state index contributed by atoms with van der Waals surface area (Å²) in [5.74, 6) is -0.261. The van der Waals surface area contributed by atoms with Gasteiger partial charge in [0.15, 0.2) is 0 Å². The van der Waals surface area contributed by atoms with Crippen molar-refractivity contribution in [2.75, 3.05) is 6.54 Å². The molecule has 0 aromatic heterocycles. The van der Waals surface area contributed by atoms with E-state index in [1.807, 2.05) is 0 Å². The fraction of sp³-hybridized carbons (Fsp3) is 0.417. The van der Waals surface area contributed by atoms with E-state index in [9.17, 15) is 14.3 Å². The molecule has 2 aliphatic rings. The smallest absolute Gasteiger partial charge is 0.408 e. The lowest BCUT2D eigenvalue weighted by molar-refractivity contribution is 0.127. The molecule has 0 radical (unpaired) electrons. The quantitative estimate of drug-likeness (QED) is 0.786. The number of fused-ring (bicyclic) bond motifs is 1. The van der Waals surface area contributed by atoms with Crippen molar-refractivity contribution in [3.63, 3.8) is 0 Å². The number of amides is 1. The lowest BCUT2D eigenvalue weighted by Crippen LogP contribution is -2.37. The van der Waals surface area contributed by atoms with Gasteiger partial charge in [0, 0.05) is 12.1 Å². The average molecular weight is 237 g/mol. The van der Waals surface area contributed by atoms with Crippen molar-refractivity contribution in [1.82, 2.24) is 4.90 Å². The van der Waals surface area contributed by atoms with Crippen LogP contribution in [0.15, 0.2) is 18.2 Å². The highest BCUT2D eigenvalue weighted by molar-refractivity contribution is 5.69. The summed E-state index contributed by atoms with van der Waals surface area (Å²) in [7, 11) is 0. The minimum absolute atomic E-state index is 0.0259. The number of halogens is 1. The van der Waals surface area contributed by atoms with Gasteiger partial charge in [-0.3, -0.25) is 4.90 Å². The van der Waals surface area contributed by atoms with E-state index in [1.165, 1.54) is 23.1 Å². The third kappa shape index (κ3) is 1.25. The van der Waals surface area contributed by atoms with E-state index in [1.54, 1.807) is 0 Å². The zero-order valence-electron chi connectivity index (χ0n) is 9.06. The molecule has 0 bridgehead atoms. The Balaban J connectivity index is 2.09. The topological polar surface area (TPSA) is 60.8 Å². The van der Waals surface area contributed by atoms with Crippen LogP contribution in [-0.4, -0.2) is 27.8 Å². The van der Waals surface area contributed by atoms with E-state index in [4.69, 9.17) is 5.11 Å². The highest BCUT2D eigenvalue weighted by Gasteiger charge is 2.65. The summed E-state index contributed by atoms with van der Waals surface area (Å²) in [6, 6.07) is 3.71. The molecule has 1 aliphatic carbocycles. The second-order valence-electron chi connectivity index (χ2n) is 4.71. The van der Waals surface area contributed by atoms with Crippen LogP contribution in [0.25, 0.3) is 0 Å². The maximum absolute atomic E-state index is 13.2. The number of nitrogens with zero attached hydrogens (tertiary/aromatic N) is 1. The Morgan fingerprint density at radius 3 is 2.94 bits per heavy atom. The third-order valence-electron chi connectivity index (χ3n) is 3.91. The first kappa shape index (κ1) is 10.4. The minimum Gasteiger partial charge on any atom is -0.508 e. The summed E-state index contributed by atoms with van der Waals surface area (Å²) in [6.07, 6.45) is 0.451. The van der Waals surface area contributed by atoms with E-state index < -0.39 is 17.4 Å². The summed E-state index contributed by atoms with van der Waals surface area (Å²) in [6.45, 7) is 0.454. The molecule has 17 heavy (non-hydrogen) atoms. The molecule has 0 spiro atoms. The van der Waals surface area contributed by atoms with Gasteiger partial charge in [-0.15, -0.1) is 0 Å². The third-order valence-corrected chi connectivity index (χ3v) is 3.91. The molecule has 2 unspecified atom stereocenters. The highest BCUT2D eigenvalue weighted by Crippen LogP contribution is 2.64. The zero-order valence-corrected chi connectivity index (χ0v) is 9.06. The predicted octanol–water partition coefficient (Wildman–Crippen LogP) is 2.13. The fourth-order valence-corrected chi connectivity index (χ4v) is 3.07. The average Bonchev–Trinajstić information content (AvgIpc) is 2.88. The second kappa shape index (κ2) is 3.12. The van der Waals surface area contributed by atoms with Crippen molar-refractivity contribution >= 4 is 6.09 Å². The standard InChI is InChI=1S/C12H12FNO3/c13-8-1-2-10(15)9(5-8)12-6-7(12)3-4-14(12)11(16)17/h1-2,5,7,15H,3-4,6H2,(H,16,17). The lowest BCUT2D eigenvalue weighted by Gasteiger charge is -2.26. The summed E-state index contributed by atoms with van der Waals surface area (Å²) in [5.41, 5.74) is -0.278. The molecule has 2 atom stereocenters. The maximum Gasteiger partial charge on any atom is 0.408 e. The van der Waals surface area contributed by atoms with Crippen LogP contribution in [0.5, 0.6) is 5.75 Å². The number of hydrogen-bond donors (Lipinski definition) is 2. The van der Waals surface area contributed by atoms with Gasteiger partial charge in [-0.1, -0.05) is 0 Å². The fourth-order valence-electron chi connectivity index (χ4n) is 3.07. The van der Waals surface area contributed by atoms with Gasteiger partial charge < -0.3 is 10.2 Å². The second-order valence-corrected chi connectivity index (χ2v) is 4.71. The highest BCUT2D eigenvalue weighted by atomic mass is 19.1. The van der Waals surface area contributed by atoms with Crippen molar-refractivity contribution in [3.8, 4) is 5.75 Å². The number of phenols is 1. The lowest BCUT2D eigenvalue weighted by atomic mass is 10.0. The molecule has 4 nitrogen and oxygen atoms in total. The predicted molar refractivity (Wildman–Crippen MR) is 57.2 cm³/mol. The molecule has 1 aliphatic heterocycles. The van der Waals surface area contributed by atoms with Gasteiger partial charge >= 0.3 is 6.09 Å². The van der Waals surface area contributed by atoms with Crippen LogP contribution in [0.3, 0.4) is 0 Å². The Bertz CT molecular complexity index is 505. The Morgan fingerprint density at radius 1 is 1.53 bits per heavy atom. The van der Waals surface area contributed by atoms with Crippen LogP contribution in [-0.2, 0) is 5.54 Å². The molecule has 3 rings (SSSR count). The Kier molecular flexibility index (Phi) is 1.91. The summed E-state index contributed by atoms with van der Waals surface area (Å²) >= 11 is 0. The Morgan fingerprint density at radius 2 is 2.29 bits per heavy atom. The number of benzene rings is 1. The van der Waals surface area contributed by atoms with Crippen molar-refractivity contribution < 1.29 is 19.4 Å². The van der Waals surface area contributed by atoms with Crippen LogP contribution in [0.2, 0.25) is 0 Å². The molecule has 1 heterocycles. The van der Waals surface area contributed by atoms with Crippen LogP contribution < -0.4 is 0 Å². The van der Waals surface area contributed by atoms with E-state index in [-0.39, 0.29) is 11.7 Å². The molecule has 1 saturated heterocycles. The molecule has 90 valence electrons. The summed E-state index contributed by atoms with van der Waals surface area (Å²) in [5, 5.41) is 18.9. The number of hydrogen-bond acceptors (Lipinski definition) is 2. The number of carbonyl (C=O) groups is 1. The molecule has 1 saturated carbocycles. The molecule has 5 heteroatoms. The first-order chi connectivity index (χ1) is 8.05. The molecule has 2 N–H and O–H groups in total. The number of aromatic hydroxyl groups is 1. The van der Waals surface area contributed by atoms with Crippen LogP contribution >= 0.6 is 0 Å². The van der Waals surface area contributed by atoms with Crippen LogP contribution in [0.4, 0.5) is 9.18 Å². The van der Waals surface area contributed by atoms with Crippen molar-refractivity contribution in [3.05, 3.63) is 29.6 Å². The monoisotopic (exact) mass is 237 g/mol. The number of phenolic OH excluding ortho intramolecular Hbond substituents is 1. The largest absolute Gasteiger partial charge is 0.508 e. The van der Waals surface area contributed by atoms with Gasteiger partial charge in [-0.05, 0) is 37.0 Å². The Labute approximate surface area is 97.3 Å². The van der Waals surface area contributed by atoms with E-state index >= 15 is 0 Å². The molecule has 1 amide bonds. The number of carboxylic acid groups (broad SMARTS) is 1. The van der Waals surface area contributed by atoms with E-state index in [0.29, 0.717) is 18.5 Å². The van der Waals surface area contributed by atoms with E-state index in [0.717, 1.165) is 6.42 Å². The molecule has 2 fully saturated rings. The molecule has 1 aromatic carbocycles. The van der Waals surface area contributed by atoms with Gasteiger partial charge in [-0.25, -0.2) is 9.18 Å². The van der Waals surface area contributed by atoms with Gasteiger partial charge in [0.05, 0.1) is 5.54 Å². The van der Waals surface area contributed by atoms with Gasteiger partial charge in [0.2, 0.25) is 0 Å². The number of piperidine rings is 1. The van der Waals surface area contributed by atoms with Gasteiger partial charge in [0.1, 0.15) is 11.6 Å². The van der Waals surface area contributed by atoms with E-state index in [2.05, 4.69) is 0 Å². The van der Waals surface area contributed by atoms with Crippen LogP contribution in [0.1, 0.15) is 18.4 Å². The first-order valence-corrected chi connectivity index (χ1v) is 5.55. The SMILES string of the molecule is O=C(O)N1CCC2CC21c1cc(F)ccc1O. The van der Waals surface area contributed by atoms with Crippen molar-refractivity contribution in [2.45, 2.75) is 18.4 Å². The summed E-state index contributed by atoms with van der Waals surface area (Å²) in [4.78, 5) is 12.5. The molecular weight excluding hydrogens is 225 g/mol. The normalized spacial score (nSPS) is 30.2. The van der Waals surface area contributed by atoms with Gasteiger partial charge in [-0.2, -0.15) is 0 Å². The minimum atomic E-state index is -1.01. The number of rotatable bonds is 1. The van der Waals surface area contributed by atoms with Crippen molar-refractivity contribution in [2.24, 2.45) is 5.92 Å². The molecular formula is C12H12FNO3. The summed E-state index contributed by atoms with van der Waals surface area (Å²) < 4.78 is 13.2. The molecule has 1 aromatic rings. The first-order valence-electron chi connectivity index (χ1n) is 5.55.